The van der Waals surface area contributed by atoms with Crippen LogP contribution < -0.4 is 11.1 Å². The Morgan fingerprint density at radius 3 is 2.60 bits per heavy atom. The number of nitrogen functional groups attached to an aromatic ring is 1. The van der Waals surface area contributed by atoms with Gasteiger partial charge in [0.1, 0.15) is 17.8 Å². The number of nitrogens with zero attached hydrogens (tertiary/aromatic N) is 5. The highest BCUT2D eigenvalue weighted by Crippen LogP contribution is 2.34. The Labute approximate surface area is 227 Å². The van der Waals surface area contributed by atoms with Crippen LogP contribution in [0.5, 0.6) is 0 Å². The monoisotopic (exact) mass is 549 g/mol. The Bertz CT molecular complexity index is 1580. The number of anilines is 1. The van der Waals surface area contributed by atoms with E-state index < -0.39 is 23.2 Å². The van der Waals surface area contributed by atoms with Gasteiger partial charge in [0.05, 0.1) is 22.6 Å². The summed E-state index contributed by atoms with van der Waals surface area (Å²) < 4.78 is 41.6. The first-order valence-electron chi connectivity index (χ1n) is 12.6. The van der Waals surface area contributed by atoms with Gasteiger partial charge in [-0.2, -0.15) is 18.3 Å². The highest BCUT2D eigenvalue weighted by molar-refractivity contribution is 5.98. The summed E-state index contributed by atoms with van der Waals surface area (Å²) in [5.41, 5.74) is 7.33. The number of piperidine rings is 1. The Hall–Kier alpha value is -4.74. The van der Waals surface area contributed by atoms with E-state index in [9.17, 15) is 22.8 Å². The largest absolute Gasteiger partial charge is 0.417 e. The standard InChI is InChI=1S/C28H26F3N7O2/c1-2-22(39)37-13-5-6-19(15-37)38-26-23(25(32)34-16-35-26)24(36-38)18-11-9-17(10-12-18)14-33-27(40)20-7-3-4-8-21(20)28(29,30)31/h2-4,7-12,16,19H,1,5-6,13-15H2,(H,33,40)(H2,32,34,35). The lowest BCUT2D eigenvalue weighted by Gasteiger charge is -2.32. The lowest BCUT2D eigenvalue weighted by atomic mass is 10.1. The number of nitrogens with two attached hydrogens (primary N) is 1. The van der Waals surface area contributed by atoms with E-state index in [1.807, 2.05) is 0 Å². The molecule has 1 unspecified atom stereocenters. The van der Waals surface area contributed by atoms with E-state index in [2.05, 4.69) is 21.9 Å². The van der Waals surface area contributed by atoms with Gasteiger partial charge in [-0.05, 0) is 36.6 Å². The number of carbonyl (C=O) groups is 2. The van der Waals surface area contributed by atoms with Gasteiger partial charge in [0.2, 0.25) is 5.91 Å². The number of aromatic nitrogens is 4. The molecule has 1 fully saturated rings. The Kier molecular flexibility index (Phi) is 7.24. The van der Waals surface area contributed by atoms with Crippen molar-refractivity contribution in [2.45, 2.75) is 31.6 Å². The molecule has 206 valence electrons. The molecule has 9 nitrogen and oxygen atoms in total. The average Bonchev–Trinajstić information content (AvgIpc) is 3.36. The number of amides is 2. The molecule has 1 atom stereocenters. The van der Waals surface area contributed by atoms with Gasteiger partial charge in [-0.1, -0.05) is 43.0 Å². The van der Waals surface area contributed by atoms with Crippen LogP contribution in [0.2, 0.25) is 0 Å². The van der Waals surface area contributed by atoms with Gasteiger partial charge in [0.15, 0.2) is 5.65 Å². The number of rotatable bonds is 6. The molecule has 0 saturated carbocycles. The molecule has 1 aliphatic heterocycles. The van der Waals surface area contributed by atoms with Crippen molar-refractivity contribution < 1.29 is 22.8 Å². The molecule has 3 N–H and O–H groups in total. The number of alkyl halides is 3. The van der Waals surface area contributed by atoms with Gasteiger partial charge in [0.25, 0.3) is 5.91 Å². The minimum absolute atomic E-state index is 0.0288. The molecule has 0 radical (unpaired) electrons. The van der Waals surface area contributed by atoms with Crippen molar-refractivity contribution in [1.29, 1.82) is 0 Å². The second kappa shape index (κ2) is 10.8. The van der Waals surface area contributed by atoms with Crippen LogP contribution in [0.3, 0.4) is 0 Å². The number of benzene rings is 2. The number of hydrogen-bond acceptors (Lipinski definition) is 6. The maximum absolute atomic E-state index is 13.3. The molecule has 1 aliphatic rings. The normalized spacial score (nSPS) is 15.7. The third-order valence-electron chi connectivity index (χ3n) is 6.90. The van der Waals surface area contributed by atoms with Gasteiger partial charge in [-0.3, -0.25) is 9.59 Å². The van der Waals surface area contributed by atoms with Crippen molar-refractivity contribution in [3.05, 3.63) is 84.2 Å². The SMILES string of the molecule is C=CC(=O)N1CCCC(n2nc(-c3ccc(CNC(=O)c4ccccc4C(F)(F)F)cc3)c3c(N)ncnc32)C1. The van der Waals surface area contributed by atoms with E-state index in [-0.39, 0.29) is 24.3 Å². The van der Waals surface area contributed by atoms with Crippen molar-refractivity contribution in [1.82, 2.24) is 30.0 Å². The van der Waals surface area contributed by atoms with E-state index >= 15 is 0 Å². The summed E-state index contributed by atoms with van der Waals surface area (Å²) >= 11 is 0. The first kappa shape index (κ1) is 26.9. The van der Waals surface area contributed by atoms with Crippen LogP contribution in [0.15, 0.2) is 67.5 Å². The summed E-state index contributed by atoms with van der Waals surface area (Å²) in [6.45, 7) is 4.71. The minimum Gasteiger partial charge on any atom is -0.383 e. The fraction of sp³-hybridized carbons (Fsp3) is 0.250. The lowest BCUT2D eigenvalue weighted by molar-refractivity contribution is -0.138. The highest BCUT2D eigenvalue weighted by atomic mass is 19.4. The van der Waals surface area contributed by atoms with Gasteiger partial charge in [0, 0.05) is 25.2 Å². The van der Waals surface area contributed by atoms with E-state index in [4.69, 9.17) is 10.8 Å². The summed E-state index contributed by atoms with van der Waals surface area (Å²) in [4.78, 5) is 35.0. The van der Waals surface area contributed by atoms with Crippen molar-refractivity contribution in [3.63, 3.8) is 0 Å². The molecule has 2 aromatic heterocycles. The molecular formula is C28H26F3N7O2. The number of nitrogens with one attached hydrogen (secondary N) is 1. The summed E-state index contributed by atoms with van der Waals surface area (Å²) in [6, 6.07) is 11.6. The Morgan fingerprint density at radius 2 is 1.88 bits per heavy atom. The van der Waals surface area contributed by atoms with Crippen LogP contribution in [0.1, 0.15) is 40.4 Å². The maximum Gasteiger partial charge on any atom is 0.417 e. The highest BCUT2D eigenvalue weighted by Gasteiger charge is 2.34. The van der Waals surface area contributed by atoms with Gasteiger partial charge < -0.3 is 16.0 Å². The molecule has 0 aliphatic carbocycles. The zero-order chi connectivity index (χ0) is 28.4. The fourth-order valence-corrected chi connectivity index (χ4v) is 4.92. The third kappa shape index (κ3) is 5.24. The molecule has 0 bridgehead atoms. The molecule has 0 spiro atoms. The van der Waals surface area contributed by atoms with Crippen LogP contribution >= 0.6 is 0 Å². The van der Waals surface area contributed by atoms with Gasteiger partial charge >= 0.3 is 6.18 Å². The molecule has 1 saturated heterocycles. The maximum atomic E-state index is 13.3. The minimum atomic E-state index is -4.63. The van der Waals surface area contributed by atoms with Crippen LogP contribution in [0, 0.1) is 0 Å². The molecular weight excluding hydrogens is 523 g/mol. The topological polar surface area (TPSA) is 119 Å². The number of halogens is 3. The van der Waals surface area contributed by atoms with Crippen molar-refractivity contribution in [2.75, 3.05) is 18.8 Å². The van der Waals surface area contributed by atoms with E-state index in [0.717, 1.165) is 30.5 Å². The van der Waals surface area contributed by atoms with Crippen LogP contribution in [0.4, 0.5) is 19.0 Å². The quantitative estimate of drug-likeness (QED) is 0.345. The Balaban J connectivity index is 1.38. The number of likely N-dealkylation sites (tertiary alicyclic amines) is 1. The van der Waals surface area contributed by atoms with Crippen molar-refractivity contribution in [3.8, 4) is 11.3 Å². The van der Waals surface area contributed by atoms with Crippen molar-refractivity contribution >= 4 is 28.7 Å². The van der Waals surface area contributed by atoms with Crippen molar-refractivity contribution in [2.24, 2.45) is 0 Å². The first-order chi connectivity index (χ1) is 19.2. The molecule has 3 heterocycles. The fourth-order valence-electron chi connectivity index (χ4n) is 4.92. The summed E-state index contributed by atoms with van der Waals surface area (Å²) in [7, 11) is 0. The smallest absolute Gasteiger partial charge is 0.383 e. The summed E-state index contributed by atoms with van der Waals surface area (Å²) in [5.74, 6) is -0.691. The molecule has 5 rings (SSSR count). The molecule has 2 aromatic carbocycles. The van der Waals surface area contributed by atoms with Crippen LogP contribution in [-0.4, -0.2) is 49.6 Å². The van der Waals surface area contributed by atoms with E-state index in [0.29, 0.717) is 35.4 Å². The predicted octanol–water partition coefficient (Wildman–Crippen LogP) is 4.37. The van der Waals surface area contributed by atoms with Crippen LogP contribution in [0.25, 0.3) is 22.3 Å². The second-order valence-corrected chi connectivity index (χ2v) is 9.46. The lowest BCUT2D eigenvalue weighted by Crippen LogP contribution is -2.40. The molecule has 12 heteroatoms. The zero-order valence-electron chi connectivity index (χ0n) is 21.4. The predicted molar refractivity (Wildman–Crippen MR) is 143 cm³/mol. The summed E-state index contributed by atoms with van der Waals surface area (Å²) in [5, 5.41) is 7.97. The number of hydrogen-bond donors (Lipinski definition) is 2. The van der Waals surface area contributed by atoms with E-state index in [1.54, 1.807) is 33.8 Å². The third-order valence-corrected chi connectivity index (χ3v) is 6.90. The average molecular weight is 550 g/mol. The van der Waals surface area contributed by atoms with E-state index in [1.165, 1.54) is 24.5 Å². The van der Waals surface area contributed by atoms with Crippen LogP contribution in [-0.2, 0) is 17.5 Å². The molecule has 4 aromatic rings. The van der Waals surface area contributed by atoms with Gasteiger partial charge in [-0.25, -0.2) is 14.6 Å². The molecule has 40 heavy (non-hydrogen) atoms. The Morgan fingerprint density at radius 1 is 1.12 bits per heavy atom. The number of fused-ring (bicyclic) bond motifs is 1. The second-order valence-electron chi connectivity index (χ2n) is 9.46. The number of carbonyl (C=O) groups excluding carboxylic acids is 2. The first-order valence-corrected chi connectivity index (χ1v) is 12.6. The zero-order valence-corrected chi connectivity index (χ0v) is 21.4. The molecule has 2 amide bonds. The van der Waals surface area contributed by atoms with Gasteiger partial charge in [-0.15, -0.1) is 0 Å². The summed E-state index contributed by atoms with van der Waals surface area (Å²) in [6.07, 6.45) is -0.358.